The van der Waals surface area contributed by atoms with Crippen LogP contribution in [0.5, 0.6) is 0 Å². The highest BCUT2D eigenvalue weighted by molar-refractivity contribution is 7.18. The number of hydrogen-bond acceptors (Lipinski definition) is 4. The summed E-state index contributed by atoms with van der Waals surface area (Å²) in [7, 11) is 0. The van der Waals surface area contributed by atoms with Crippen molar-refractivity contribution in [1.29, 1.82) is 0 Å². The van der Waals surface area contributed by atoms with Crippen LogP contribution in [0.3, 0.4) is 0 Å². The number of thiophene rings is 1. The van der Waals surface area contributed by atoms with Gasteiger partial charge in [-0.1, -0.05) is 0 Å². The van der Waals surface area contributed by atoms with E-state index in [9.17, 15) is 9.59 Å². The predicted molar refractivity (Wildman–Crippen MR) is 81.5 cm³/mol. The summed E-state index contributed by atoms with van der Waals surface area (Å²) in [4.78, 5) is 26.8. The largest absolute Gasteiger partial charge is 0.396 e. The maximum absolute atomic E-state index is 12.5. The molecule has 0 spiro atoms. The predicted octanol–water partition coefficient (Wildman–Crippen LogP) is 1.86. The van der Waals surface area contributed by atoms with Crippen LogP contribution in [0.1, 0.15) is 34.5 Å². The molecule has 114 valence electrons. The highest BCUT2D eigenvalue weighted by Gasteiger charge is 2.31. The van der Waals surface area contributed by atoms with Crippen LogP contribution in [0.4, 0.5) is 5.00 Å². The molecule has 1 aromatic heterocycles. The van der Waals surface area contributed by atoms with Crippen molar-refractivity contribution in [2.75, 3.05) is 25.0 Å². The maximum Gasteiger partial charge on any atom is 0.264 e. The Morgan fingerprint density at radius 3 is 2.81 bits per heavy atom. The van der Waals surface area contributed by atoms with Crippen molar-refractivity contribution in [3.8, 4) is 0 Å². The summed E-state index contributed by atoms with van der Waals surface area (Å²) in [6.45, 7) is 3.35. The van der Waals surface area contributed by atoms with E-state index in [4.69, 9.17) is 5.11 Å². The Kier molecular flexibility index (Phi) is 3.99. The third kappa shape index (κ3) is 3.11. The number of aliphatic hydroxyl groups excluding tert-OH is 1. The quantitative estimate of drug-likeness (QED) is 0.892. The van der Waals surface area contributed by atoms with Gasteiger partial charge in [-0.3, -0.25) is 9.59 Å². The van der Waals surface area contributed by atoms with E-state index >= 15 is 0 Å². The molecule has 2 heterocycles. The SMILES string of the molecule is Cc1cc(NC(=O)C2CC2)sc1C(=O)N1CCC(CO)C1. The van der Waals surface area contributed by atoms with Crippen molar-refractivity contribution in [2.45, 2.75) is 26.2 Å². The van der Waals surface area contributed by atoms with Gasteiger partial charge in [0, 0.05) is 31.5 Å². The van der Waals surface area contributed by atoms with Crippen LogP contribution in [-0.2, 0) is 4.79 Å². The average Bonchev–Trinajstić information content (AvgIpc) is 3.10. The van der Waals surface area contributed by atoms with Crippen LogP contribution < -0.4 is 5.32 Å². The Hall–Kier alpha value is -1.40. The molecule has 6 heteroatoms. The van der Waals surface area contributed by atoms with Crippen LogP contribution in [0.2, 0.25) is 0 Å². The van der Waals surface area contributed by atoms with Crippen LogP contribution in [0, 0.1) is 18.8 Å². The van der Waals surface area contributed by atoms with E-state index in [2.05, 4.69) is 5.32 Å². The second-order valence-electron chi connectivity index (χ2n) is 5.97. The molecule has 0 radical (unpaired) electrons. The lowest BCUT2D eigenvalue weighted by Crippen LogP contribution is -2.28. The van der Waals surface area contributed by atoms with E-state index in [-0.39, 0.29) is 30.3 Å². The van der Waals surface area contributed by atoms with Crippen molar-refractivity contribution < 1.29 is 14.7 Å². The van der Waals surface area contributed by atoms with Gasteiger partial charge in [-0.25, -0.2) is 0 Å². The summed E-state index contributed by atoms with van der Waals surface area (Å²) < 4.78 is 0. The van der Waals surface area contributed by atoms with Crippen molar-refractivity contribution in [3.05, 3.63) is 16.5 Å². The molecule has 1 saturated carbocycles. The standard InChI is InChI=1S/C15H20N2O3S/c1-9-6-12(16-14(19)11-2-3-11)21-13(9)15(20)17-5-4-10(7-17)8-18/h6,10-11,18H,2-5,7-8H2,1H3,(H,16,19). The van der Waals surface area contributed by atoms with E-state index in [1.807, 2.05) is 13.0 Å². The zero-order valence-electron chi connectivity index (χ0n) is 12.1. The molecule has 0 bridgehead atoms. The summed E-state index contributed by atoms with van der Waals surface area (Å²) in [5.41, 5.74) is 0.906. The lowest BCUT2D eigenvalue weighted by molar-refractivity contribution is -0.117. The molecule has 0 aromatic carbocycles. The second kappa shape index (κ2) is 5.77. The molecular formula is C15H20N2O3S. The van der Waals surface area contributed by atoms with Gasteiger partial charge in [0.2, 0.25) is 5.91 Å². The minimum absolute atomic E-state index is 0.0142. The Morgan fingerprint density at radius 2 is 2.19 bits per heavy atom. The number of carbonyl (C=O) groups excluding carboxylic acids is 2. The molecule has 2 aliphatic rings. The minimum Gasteiger partial charge on any atom is -0.396 e. The van der Waals surface area contributed by atoms with E-state index in [0.29, 0.717) is 18.0 Å². The fraction of sp³-hybridized carbons (Fsp3) is 0.600. The summed E-state index contributed by atoms with van der Waals surface area (Å²) in [5.74, 6) is 0.441. The molecule has 5 nitrogen and oxygen atoms in total. The van der Waals surface area contributed by atoms with E-state index in [0.717, 1.165) is 29.8 Å². The average molecular weight is 308 g/mol. The van der Waals surface area contributed by atoms with Crippen LogP contribution >= 0.6 is 11.3 Å². The first-order valence-electron chi connectivity index (χ1n) is 7.40. The first-order chi connectivity index (χ1) is 10.1. The molecule has 21 heavy (non-hydrogen) atoms. The third-order valence-corrected chi connectivity index (χ3v) is 5.28. The van der Waals surface area contributed by atoms with Crippen LogP contribution in [0.25, 0.3) is 0 Å². The molecule has 2 N–H and O–H groups in total. The van der Waals surface area contributed by atoms with Gasteiger partial charge in [-0.2, -0.15) is 0 Å². The molecule has 1 saturated heterocycles. The Bertz CT molecular complexity index is 565. The number of hydrogen-bond donors (Lipinski definition) is 2. The van der Waals surface area contributed by atoms with Gasteiger partial charge in [0.1, 0.15) is 0 Å². The van der Waals surface area contributed by atoms with Crippen LogP contribution in [-0.4, -0.2) is 41.5 Å². The number of rotatable bonds is 4. The zero-order chi connectivity index (χ0) is 15.0. The number of nitrogens with one attached hydrogen (secondary N) is 1. The highest BCUT2D eigenvalue weighted by Crippen LogP contribution is 2.33. The van der Waals surface area contributed by atoms with E-state index in [1.165, 1.54) is 11.3 Å². The van der Waals surface area contributed by atoms with Crippen molar-refractivity contribution in [1.82, 2.24) is 4.90 Å². The second-order valence-corrected chi connectivity index (χ2v) is 7.03. The van der Waals surface area contributed by atoms with Gasteiger partial charge in [0.15, 0.2) is 0 Å². The number of nitrogens with zero attached hydrogens (tertiary/aromatic N) is 1. The molecular weight excluding hydrogens is 288 g/mol. The Morgan fingerprint density at radius 1 is 1.43 bits per heavy atom. The molecule has 3 rings (SSSR count). The Labute approximate surface area is 128 Å². The van der Waals surface area contributed by atoms with E-state index in [1.54, 1.807) is 4.90 Å². The molecule has 2 fully saturated rings. The molecule has 2 amide bonds. The van der Waals surface area contributed by atoms with E-state index < -0.39 is 0 Å². The number of amides is 2. The first-order valence-corrected chi connectivity index (χ1v) is 8.21. The summed E-state index contributed by atoms with van der Waals surface area (Å²) in [6, 6.07) is 1.87. The molecule has 1 atom stereocenters. The van der Waals surface area contributed by atoms with Crippen molar-refractivity contribution >= 4 is 28.2 Å². The fourth-order valence-electron chi connectivity index (χ4n) is 2.63. The number of aliphatic hydroxyl groups is 1. The maximum atomic E-state index is 12.5. The highest BCUT2D eigenvalue weighted by atomic mass is 32.1. The molecule has 1 unspecified atom stereocenters. The monoisotopic (exact) mass is 308 g/mol. The lowest BCUT2D eigenvalue weighted by atomic mass is 10.1. The van der Waals surface area contributed by atoms with Gasteiger partial charge in [-0.15, -0.1) is 11.3 Å². The van der Waals surface area contributed by atoms with Gasteiger partial charge in [-0.05, 0) is 37.8 Å². The zero-order valence-corrected chi connectivity index (χ0v) is 12.9. The summed E-state index contributed by atoms with van der Waals surface area (Å²) in [6.07, 6.45) is 2.80. The van der Waals surface area contributed by atoms with Crippen molar-refractivity contribution in [3.63, 3.8) is 0 Å². The topological polar surface area (TPSA) is 69.6 Å². The molecule has 1 aromatic rings. The summed E-state index contributed by atoms with van der Waals surface area (Å²) >= 11 is 1.35. The molecule has 1 aliphatic heterocycles. The van der Waals surface area contributed by atoms with Gasteiger partial charge in [0.25, 0.3) is 5.91 Å². The minimum atomic E-state index is 0.0142. The molecule has 1 aliphatic carbocycles. The fourth-order valence-corrected chi connectivity index (χ4v) is 3.68. The smallest absolute Gasteiger partial charge is 0.264 e. The number of aryl methyl sites for hydroxylation is 1. The van der Waals surface area contributed by atoms with Gasteiger partial charge >= 0.3 is 0 Å². The lowest BCUT2D eigenvalue weighted by Gasteiger charge is -2.15. The van der Waals surface area contributed by atoms with Gasteiger partial charge < -0.3 is 15.3 Å². The number of carbonyl (C=O) groups is 2. The van der Waals surface area contributed by atoms with Crippen LogP contribution in [0.15, 0.2) is 6.07 Å². The number of likely N-dealkylation sites (tertiary alicyclic amines) is 1. The van der Waals surface area contributed by atoms with Gasteiger partial charge in [0.05, 0.1) is 9.88 Å². The first kappa shape index (κ1) is 14.5. The number of anilines is 1. The normalized spacial score (nSPS) is 21.6. The summed E-state index contributed by atoms with van der Waals surface area (Å²) in [5, 5.41) is 12.8. The Balaban J connectivity index is 1.68. The van der Waals surface area contributed by atoms with Crippen molar-refractivity contribution in [2.24, 2.45) is 11.8 Å². The third-order valence-electron chi connectivity index (χ3n) is 4.14.